The number of para-hydroxylation sites is 4. The second-order valence-electron chi connectivity index (χ2n) is 17.2. The van der Waals surface area contributed by atoms with Gasteiger partial charge in [0.1, 0.15) is 0 Å². The number of rotatable bonds is 8. The van der Waals surface area contributed by atoms with E-state index in [1.54, 1.807) is 0 Å². The van der Waals surface area contributed by atoms with Crippen molar-refractivity contribution in [2.75, 3.05) is 4.90 Å². The zero-order valence-electron chi connectivity index (χ0n) is 36.6. The van der Waals surface area contributed by atoms with Gasteiger partial charge in [0.25, 0.3) is 0 Å². The largest absolute Gasteiger partial charge is 0.310 e. The lowest BCUT2D eigenvalue weighted by Crippen LogP contribution is -2.11. The molecule has 2 aromatic heterocycles. The summed E-state index contributed by atoms with van der Waals surface area (Å²) in [5, 5.41) is 7.55. The highest BCUT2D eigenvalue weighted by molar-refractivity contribution is 7.26. The summed E-state index contributed by atoms with van der Waals surface area (Å²) >= 11 is 1.88. The van der Waals surface area contributed by atoms with Crippen LogP contribution in [0.5, 0.6) is 0 Å². The van der Waals surface area contributed by atoms with Crippen LogP contribution < -0.4 is 4.90 Å². The minimum atomic E-state index is 1.08. The van der Waals surface area contributed by atoms with Crippen LogP contribution in [0.15, 0.2) is 255 Å². The van der Waals surface area contributed by atoms with Gasteiger partial charge < -0.3 is 9.47 Å². The van der Waals surface area contributed by atoms with E-state index in [1.807, 2.05) is 11.3 Å². The molecule has 13 rings (SSSR count). The number of anilines is 3. The second kappa shape index (κ2) is 16.2. The standard InChI is InChI=1S/C64H42N2S/c1-3-18-43(19-4-1)50-29-14-20-45-21-15-32-56(62(45)50)53-26-7-10-35-59(53)65(49-25-13-22-46(42-49)52-31-17-34-58-55-28-9-12-37-61(55)67-64(52)58)48-40-38-44(39-41-48)51-30-16-33-57-54-27-8-11-36-60(54)66(63(51)57)47-23-5-2-6-24-47/h1-42H. The molecule has 0 aliphatic rings. The van der Waals surface area contributed by atoms with Gasteiger partial charge in [-0.05, 0) is 98.8 Å². The van der Waals surface area contributed by atoms with E-state index in [-0.39, 0.29) is 0 Å². The summed E-state index contributed by atoms with van der Waals surface area (Å²) in [6.07, 6.45) is 0. The Hall–Kier alpha value is -8.50. The van der Waals surface area contributed by atoms with Gasteiger partial charge in [-0.15, -0.1) is 11.3 Å². The van der Waals surface area contributed by atoms with Crippen LogP contribution >= 0.6 is 11.3 Å². The highest BCUT2D eigenvalue weighted by Crippen LogP contribution is 2.47. The third kappa shape index (κ3) is 6.55. The molecule has 0 bridgehead atoms. The summed E-state index contributed by atoms with van der Waals surface area (Å²) in [4.78, 5) is 2.46. The lowest BCUT2D eigenvalue weighted by Gasteiger charge is -2.29. The first kappa shape index (κ1) is 38.9. The summed E-state index contributed by atoms with van der Waals surface area (Å²) in [6, 6.07) is 93.2. The summed E-state index contributed by atoms with van der Waals surface area (Å²) in [6.45, 7) is 0. The Balaban J connectivity index is 1.02. The number of nitrogens with zero attached hydrogens (tertiary/aromatic N) is 2. The highest BCUT2D eigenvalue weighted by atomic mass is 32.1. The number of aromatic nitrogens is 1. The van der Waals surface area contributed by atoms with Crippen molar-refractivity contribution >= 4 is 81.1 Å². The van der Waals surface area contributed by atoms with E-state index in [9.17, 15) is 0 Å². The molecule has 3 heteroatoms. The van der Waals surface area contributed by atoms with Gasteiger partial charge in [-0.25, -0.2) is 0 Å². The fraction of sp³-hybridized carbons (Fsp3) is 0. The molecule has 2 nitrogen and oxygen atoms in total. The average molecular weight is 871 g/mol. The molecule has 0 spiro atoms. The predicted octanol–water partition coefficient (Wildman–Crippen LogP) is 18.4. The van der Waals surface area contributed by atoms with E-state index in [4.69, 9.17) is 0 Å². The number of fused-ring (bicyclic) bond motifs is 7. The third-order valence-corrected chi connectivity index (χ3v) is 14.6. The first-order chi connectivity index (χ1) is 33.3. The van der Waals surface area contributed by atoms with Crippen LogP contribution in [-0.2, 0) is 0 Å². The van der Waals surface area contributed by atoms with E-state index in [1.165, 1.54) is 86.1 Å². The molecule has 0 N–H and O–H groups in total. The van der Waals surface area contributed by atoms with Crippen molar-refractivity contribution in [2.24, 2.45) is 0 Å². The van der Waals surface area contributed by atoms with E-state index < -0.39 is 0 Å². The van der Waals surface area contributed by atoms with Crippen LogP contribution in [0, 0.1) is 0 Å². The Morgan fingerprint density at radius 3 is 1.76 bits per heavy atom. The number of hydrogen-bond acceptors (Lipinski definition) is 2. The van der Waals surface area contributed by atoms with Crippen molar-refractivity contribution in [1.29, 1.82) is 0 Å². The van der Waals surface area contributed by atoms with Crippen molar-refractivity contribution in [2.45, 2.75) is 0 Å². The predicted molar refractivity (Wildman–Crippen MR) is 288 cm³/mol. The van der Waals surface area contributed by atoms with Crippen molar-refractivity contribution < 1.29 is 0 Å². The molecule has 0 fully saturated rings. The van der Waals surface area contributed by atoms with Crippen LogP contribution in [0.2, 0.25) is 0 Å². The summed E-state index contributed by atoms with van der Waals surface area (Å²) < 4.78 is 5.04. The quantitative estimate of drug-likeness (QED) is 0.148. The molecule has 2 heterocycles. The molecule has 0 aliphatic carbocycles. The molecule has 0 unspecified atom stereocenters. The molecular weight excluding hydrogens is 829 g/mol. The fourth-order valence-corrected chi connectivity index (χ4v) is 11.7. The number of hydrogen-bond donors (Lipinski definition) is 0. The van der Waals surface area contributed by atoms with Crippen molar-refractivity contribution in [1.82, 2.24) is 4.57 Å². The lowest BCUT2D eigenvalue weighted by atomic mass is 9.90. The van der Waals surface area contributed by atoms with E-state index >= 15 is 0 Å². The number of thiophene rings is 1. The molecule has 0 radical (unpaired) electrons. The van der Waals surface area contributed by atoms with Crippen LogP contribution in [0.25, 0.3) is 103 Å². The topological polar surface area (TPSA) is 8.17 Å². The van der Waals surface area contributed by atoms with Gasteiger partial charge in [0, 0.05) is 59.1 Å². The zero-order valence-corrected chi connectivity index (χ0v) is 37.4. The first-order valence-corrected chi connectivity index (χ1v) is 23.7. The first-order valence-electron chi connectivity index (χ1n) is 22.9. The van der Waals surface area contributed by atoms with Gasteiger partial charge in [-0.3, -0.25) is 0 Å². The fourth-order valence-electron chi connectivity index (χ4n) is 10.4. The van der Waals surface area contributed by atoms with Gasteiger partial charge >= 0.3 is 0 Å². The van der Waals surface area contributed by atoms with Crippen molar-refractivity contribution in [3.63, 3.8) is 0 Å². The summed E-state index contributed by atoms with van der Waals surface area (Å²) in [5.74, 6) is 0. The molecule has 11 aromatic carbocycles. The van der Waals surface area contributed by atoms with Gasteiger partial charge in [0.15, 0.2) is 0 Å². The Bertz CT molecular complexity index is 3970. The van der Waals surface area contributed by atoms with E-state index in [2.05, 4.69) is 264 Å². The maximum Gasteiger partial charge on any atom is 0.0619 e. The molecular formula is C64H42N2S. The maximum absolute atomic E-state index is 2.46. The lowest BCUT2D eigenvalue weighted by molar-refractivity contribution is 1.18. The Kier molecular flexibility index (Phi) is 9.40. The van der Waals surface area contributed by atoms with E-state index in [0.717, 1.165) is 33.9 Å². The van der Waals surface area contributed by atoms with Crippen molar-refractivity contribution in [3.8, 4) is 50.2 Å². The number of benzene rings is 11. The Morgan fingerprint density at radius 1 is 0.343 bits per heavy atom. The second-order valence-corrected chi connectivity index (χ2v) is 18.2. The summed E-state index contributed by atoms with van der Waals surface area (Å²) in [7, 11) is 0. The molecule has 314 valence electrons. The molecule has 0 aliphatic heterocycles. The Labute approximate surface area is 393 Å². The monoisotopic (exact) mass is 870 g/mol. The van der Waals surface area contributed by atoms with Crippen LogP contribution in [0.1, 0.15) is 0 Å². The molecule has 0 saturated carbocycles. The van der Waals surface area contributed by atoms with Gasteiger partial charge in [0.2, 0.25) is 0 Å². The molecule has 0 atom stereocenters. The van der Waals surface area contributed by atoms with Crippen LogP contribution in [0.4, 0.5) is 17.1 Å². The van der Waals surface area contributed by atoms with Gasteiger partial charge in [0.05, 0.1) is 16.7 Å². The molecule has 0 amide bonds. The smallest absolute Gasteiger partial charge is 0.0619 e. The van der Waals surface area contributed by atoms with Crippen LogP contribution in [-0.4, -0.2) is 4.57 Å². The minimum absolute atomic E-state index is 1.08. The molecule has 13 aromatic rings. The Morgan fingerprint density at radius 2 is 0.925 bits per heavy atom. The molecule has 0 saturated heterocycles. The minimum Gasteiger partial charge on any atom is -0.310 e. The zero-order chi connectivity index (χ0) is 44.3. The summed E-state index contributed by atoms with van der Waals surface area (Å²) in [5.41, 5.74) is 16.4. The maximum atomic E-state index is 2.46. The molecule has 67 heavy (non-hydrogen) atoms. The van der Waals surface area contributed by atoms with Crippen LogP contribution in [0.3, 0.4) is 0 Å². The average Bonchev–Trinajstić information content (AvgIpc) is 3.96. The van der Waals surface area contributed by atoms with Crippen molar-refractivity contribution in [3.05, 3.63) is 255 Å². The van der Waals surface area contributed by atoms with Gasteiger partial charge in [-0.1, -0.05) is 200 Å². The normalized spacial score (nSPS) is 11.6. The highest BCUT2D eigenvalue weighted by Gasteiger charge is 2.22. The third-order valence-electron chi connectivity index (χ3n) is 13.4. The van der Waals surface area contributed by atoms with E-state index in [0.29, 0.717) is 0 Å². The van der Waals surface area contributed by atoms with Gasteiger partial charge in [-0.2, -0.15) is 0 Å². The SMILES string of the molecule is c1ccc(-c2cccc3cccc(-c4ccccc4N(c4ccc(-c5cccc6c7ccccc7n(-c7ccccc7)c56)cc4)c4cccc(-c5cccc6c5sc5ccccc56)c4)c23)cc1.